The Labute approximate surface area is 237 Å². The maximum Gasteiger partial charge on any atom is 0.305 e. The number of halogens is 2. The Morgan fingerprint density at radius 3 is 1.93 bits per heavy atom. The number of aromatic nitrogens is 1. The number of aliphatic hydroxyl groups is 2. The molecular weight excluding hydrogens is 534 g/mol. The number of amides is 1. The Morgan fingerprint density at radius 2 is 1.41 bits per heavy atom. The number of carboxylic acids is 1. The van der Waals surface area contributed by atoms with E-state index in [2.05, 4.69) is 0 Å². The third-order valence-corrected chi connectivity index (χ3v) is 7.26. The van der Waals surface area contributed by atoms with Crippen molar-refractivity contribution in [1.82, 2.24) is 9.47 Å². The van der Waals surface area contributed by atoms with Crippen LogP contribution < -0.4 is 0 Å². The highest BCUT2D eigenvalue weighted by atomic mass is 19.1. The number of nitrogens with zero attached hydrogens (tertiary/aromatic N) is 2. The molecule has 1 aliphatic rings. The van der Waals surface area contributed by atoms with E-state index < -0.39 is 36.2 Å². The van der Waals surface area contributed by atoms with Crippen molar-refractivity contribution >= 4 is 11.9 Å². The lowest BCUT2D eigenvalue weighted by molar-refractivity contribution is -0.139. The SMILES string of the molecule is CC(C)n1c(CC[C@@H](O)C[C@@H](O)CC(=O)O)c(-c2ccc(F)cc2)c(-c2ccc(F)cc2)c1C(=O)N1CCOCC1. The van der Waals surface area contributed by atoms with Crippen LogP contribution in [0.25, 0.3) is 22.3 Å². The van der Waals surface area contributed by atoms with Crippen LogP contribution in [0, 0.1) is 11.6 Å². The molecule has 0 radical (unpaired) electrons. The Bertz CT molecular complexity index is 1350. The number of carbonyl (C=O) groups excluding carboxylic acids is 1. The molecule has 0 bridgehead atoms. The lowest BCUT2D eigenvalue weighted by Gasteiger charge is -2.28. The summed E-state index contributed by atoms with van der Waals surface area (Å²) in [4.78, 5) is 26.9. The molecular formula is C31H36F2N2O6. The molecule has 220 valence electrons. The van der Waals surface area contributed by atoms with Gasteiger partial charge in [0.25, 0.3) is 5.91 Å². The van der Waals surface area contributed by atoms with Gasteiger partial charge < -0.3 is 29.5 Å². The first kappa shape index (κ1) is 30.4. The van der Waals surface area contributed by atoms with Gasteiger partial charge in [-0.1, -0.05) is 24.3 Å². The second kappa shape index (κ2) is 13.4. The molecule has 0 aliphatic carbocycles. The van der Waals surface area contributed by atoms with Crippen LogP contribution in [0.3, 0.4) is 0 Å². The first-order valence-electron chi connectivity index (χ1n) is 13.8. The van der Waals surface area contributed by atoms with Crippen LogP contribution in [0.15, 0.2) is 48.5 Å². The van der Waals surface area contributed by atoms with E-state index in [0.717, 1.165) is 0 Å². The Balaban J connectivity index is 1.91. The predicted molar refractivity (Wildman–Crippen MR) is 150 cm³/mol. The monoisotopic (exact) mass is 570 g/mol. The largest absolute Gasteiger partial charge is 0.481 e. The van der Waals surface area contributed by atoms with Gasteiger partial charge in [0.15, 0.2) is 0 Å². The van der Waals surface area contributed by atoms with Crippen molar-refractivity contribution in [3.63, 3.8) is 0 Å². The quantitative estimate of drug-likeness (QED) is 0.309. The average molecular weight is 571 g/mol. The van der Waals surface area contributed by atoms with Crippen molar-refractivity contribution < 1.29 is 38.4 Å². The van der Waals surface area contributed by atoms with Gasteiger partial charge in [-0.15, -0.1) is 0 Å². The molecule has 41 heavy (non-hydrogen) atoms. The highest BCUT2D eigenvalue weighted by Gasteiger charge is 2.33. The molecule has 0 saturated carbocycles. The van der Waals surface area contributed by atoms with Crippen molar-refractivity contribution in [3.05, 3.63) is 71.6 Å². The van der Waals surface area contributed by atoms with Gasteiger partial charge in [0.05, 0.1) is 31.8 Å². The number of aliphatic hydroxyl groups excluding tert-OH is 2. The number of carbonyl (C=O) groups is 2. The molecule has 8 nitrogen and oxygen atoms in total. The minimum absolute atomic E-state index is 0.120. The summed E-state index contributed by atoms with van der Waals surface area (Å²) in [6, 6.07) is 11.6. The van der Waals surface area contributed by atoms with E-state index in [9.17, 15) is 28.6 Å². The van der Waals surface area contributed by atoms with Gasteiger partial charge in [-0.2, -0.15) is 0 Å². The van der Waals surface area contributed by atoms with Gasteiger partial charge >= 0.3 is 5.97 Å². The third-order valence-electron chi connectivity index (χ3n) is 7.26. The number of rotatable bonds is 11. The topological polar surface area (TPSA) is 112 Å². The molecule has 3 N–H and O–H groups in total. The second-order valence-corrected chi connectivity index (χ2v) is 10.6. The van der Waals surface area contributed by atoms with Crippen LogP contribution in [0.4, 0.5) is 8.78 Å². The zero-order valence-corrected chi connectivity index (χ0v) is 23.2. The van der Waals surface area contributed by atoms with E-state index >= 15 is 0 Å². The minimum Gasteiger partial charge on any atom is -0.481 e. The number of hydrogen-bond donors (Lipinski definition) is 3. The summed E-state index contributed by atoms with van der Waals surface area (Å²) in [5.41, 5.74) is 3.63. The van der Waals surface area contributed by atoms with Crippen molar-refractivity contribution in [3.8, 4) is 22.3 Å². The van der Waals surface area contributed by atoms with Gasteiger partial charge in [0.1, 0.15) is 17.3 Å². The lowest BCUT2D eigenvalue weighted by Crippen LogP contribution is -2.41. The van der Waals surface area contributed by atoms with Gasteiger partial charge in [-0.25, -0.2) is 8.78 Å². The summed E-state index contributed by atoms with van der Waals surface area (Å²) in [7, 11) is 0. The van der Waals surface area contributed by atoms with Gasteiger partial charge in [-0.05, 0) is 68.5 Å². The molecule has 1 aromatic heterocycles. The van der Waals surface area contributed by atoms with E-state index in [1.54, 1.807) is 29.2 Å². The van der Waals surface area contributed by atoms with Crippen molar-refractivity contribution in [2.75, 3.05) is 26.3 Å². The summed E-state index contributed by atoms with van der Waals surface area (Å²) >= 11 is 0. The van der Waals surface area contributed by atoms with Crippen LogP contribution in [-0.4, -0.2) is 75.2 Å². The molecule has 2 aromatic carbocycles. The first-order chi connectivity index (χ1) is 19.6. The van der Waals surface area contributed by atoms with E-state index in [1.165, 1.54) is 24.3 Å². The Hall–Kier alpha value is -3.60. The average Bonchev–Trinajstić information content (AvgIpc) is 3.27. The fourth-order valence-electron chi connectivity index (χ4n) is 5.43. The standard InChI is InChI=1S/C31H36F2N2O6/c1-19(2)35-26(12-11-24(36)17-25(37)18-27(38)39)28(20-3-7-22(32)8-4-20)29(21-5-9-23(33)10-6-21)30(35)31(40)34-13-15-41-16-14-34/h3-10,19,24-25,36-37H,11-18H2,1-2H3,(H,38,39)/t24-,25-/m1/s1. The second-order valence-electron chi connectivity index (χ2n) is 10.6. The van der Waals surface area contributed by atoms with E-state index in [0.29, 0.717) is 59.9 Å². The van der Waals surface area contributed by atoms with Gasteiger partial charge in [0, 0.05) is 36.0 Å². The number of aliphatic carboxylic acids is 1. The van der Waals surface area contributed by atoms with Crippen LogP contribution in [0.2, 0.25) is 0 Å². The third kappa shape index (κ3) is 7.19. The van der Waals surface area contributed by atoms with Crippen molar-refractivity contribution in [2.45, 2.75) is 57.8 Å². The zero-order valence-electron chi connectivity index (χ0n) is 23.2. The van der Waals surface area contributed by atoms with Crippen LogP contribution in [0.1, 0.15) is 55.3 Å². The predicted octanol–water partition coefficient (Wildman–Crippen LogP) is 4.67. The van der Waals surface area contributed by atoms with Crippen LogP contribution in [0.5, 0.6) is 0 Å². The molecule has 4 rings (SSSR count). The van der Waals surface area contributed by atoms with Gasteiger partial charge in [0.2, 0.25) is 0 Å². The fourth-order valence-corrected chi connectivity index (χ4v) is 5.43. The zero-order chi connectivity index (χ0) is 29.7. The number of benzene rings is 2. The molecule has 1 amide bonds. The van der Waals surface area contributed by atoms with E-state index in [4.69, 9.17) is 9.84 Å². The highest BCUT2D eigenvalue weighted by molar-refractivity contribution is 6.05. The number of morpholine rings is 1. The number of hydrogen-bond acceptors (Lipinski definition) is 5. The molecule has 2 heterocycles. The Morgan fingerprint density at radius 1 is 0.878 bits per heavy atom. The lowest BCUT2D eigenvalue weighted by atomic mass is 9.92. The van der Waals surface area contributed by atoms with Crippen LogP contribution >= 0.6 is 0 Å². The minimum atomic E-state index is -1.20. The highest BCUT2D eigenvalue weighted by Crippen LogP contribution is 2.43. The molecule has 0 unspecified atom stereocenters. The molecule has 1 fully saturated rings. The van der Waals surface area contributed by atoms with Gasteiger partial charge in [-0.3, -0.25) is 9.59 Å². The summed E-state index contributed by atoms with van der Waals surface area (Å²) in [5, 5.41) is 29.7. The maximum absolute atomic E-state index is 14.2. The normalized spacial score (nSPS) is 15.2. The summed E-state index contributed by atoms with van der Waals surface area (Å²) in [6.07, 6.45) is -2.36. The summed E-state index contributed by atoms with van der Waals surface area (Å²) < 4.78 is 35.4. The number of carboxylic acid groups (broad SMARTS) is 1. The Kier molecular flexibility index (Phi) is 9.90. The smallest absolute Gasteiger partial charge is 0.305 e. The van der Waals surface area contributed by atoms with E-state index in [1.807, 2.05) is 18.4 Å². The molecule has 2 atom stereocenters. The van der Waals surface area contributed by atoms with Crippen molar-refractivity contribution in [2.24, 2.45) is 0 Å². The summed E-state index contributed by atoms with van der Waals surface area (Å²) in [5.74, 6) is -2.22. The molecule has 3 aromatic rings. The molecule has 0 spiro atoms. The molecule has 10 heteroatoms. The first-order valence-corrected chi connectivity index (χ1v) is 13.8. The fraction of sp³-hybridized carbons (Fsp3) is 0.419. The van der Waals surface area contributed by atoms with E-state index in [-0.39, 0.29) is 31.2 Å². The van der Waals surface area contributed by atoms with Crippen molar-refractivity contribution in [1.29, 1.82) is 0 Å². The number of ether oxygens (including phenoxy) is 1. The van der Waals surface area contributed by atoms with Crippen LogP contribution in [-0.2, 0) is 16.0 Å². The molecule has 1 aliphatic heterocycles. The molecule has 1 saturated heterocycles. The summed E-state index contributed by atoms with van der Waals surface area (Å²) in [6.45, 7) is 5.51. The maximum atomic E-state index is 14.2.